The number of hydrogen-bond donors (Lipinski definition) is 3. The van der Waals surface area contributed by atoms with E-state index in [2.05, 4.69) is 15.6 Å². The summed E-state index contributed by atoms with van der Waals surface area (Å²) in [6.07, 6.45) is 0. The molecule has 0 aromatic heterocycles. The molecule has 3 aromatic rings. The first-order chi connectivity index (χ1) is 15.8. The van der Waals surface area contributed by atoms with Crippen LogP contribution in [0.4, 0.5) is 20.2 Å². The van der Waals surface area contributed by atoms with Crippen molar-refractivity contribution in [1.29, 1.82) is 0 Å². The predicted octanol–water partition coefficient (Wildman–Crippen LogP) is 4.23. The molecule has 0 atom stereocenters. The summed E-state index contributed by atoms with van der Waals surface area (Å²) in [5, 5.41) is 28.8. The van der Waals surface area contributed by atoms with Gasteiger partial charge in [0, 0.05) is 11.6 Å². The van der Waals surface area contributed by atoms with Gasteiger partial charge in [0.05, 0.1) is 22.6 Å². The molecule has 0 bridgehead atoms. The Hall–Kier alpha value is -4.60. The van der Waals surface area contributed by atoms with Crippen molar-refractivity contribution in [3.63, 3.8) is 0 Å². The van der Waals surface area contributed by atoms with Crippen LogP contribution in [-0.2, 0) is 4.79 Å². The number of aromatic hydroxyl groups is 1. The van der Waals surface area contributed by atoms with Crippen LogP contribution in [0.5, 0.6) is 5.75 Å². The molecule has 0 saturated heterocycles. The second-order valence-corrected chi connectivity index (χ2v) is 7.06. The van der Waals surface area contributed by atoms with Gasteiger partial charge in [0.2, 0.25) is 0 Å². The predicted molar refractivity (Wildman–Crippen MR) is 119 cm³/mol. The Morgan fingerprint density at radius 3 is 2.55 bits per heavy atom. The topological polar surface area (TPSA) is 115 Å². The number of phenolic OH excluding ortho intramolecular Hbond substituents is 1. The number of carbonyl (C=O) groups excluding carboxylic acids is 1. The molecule has 3 aromatic carbocycles. The summed E-state index contributed by atoms with van der Waals surface area (Å²) in [5.74, 6) is -4.15. The van der Waals surface area contributed by atoms with E-state index in [4.69, 9.17) is 0 Å². The van der Waals surface area contributed by atoms with Crippen LogP contribution in [0, 0.1) is 11.6 Å². The van der Waals surface area contributed by atoms with Crippen molar-refractivity contribution in [3.05, 3.63) is 77.9 Å². The molecule has 1 aliphatic rings. The number of benzene rings is 3. The number of phenols is 1. The first-order valence-electron chi connectivity index (χ1n) is 9.60. The summed E-state index contributed by atoms with van der Waals surface area (Å²) >= 11 is 0. The lowest BCUT2D eigenvalue weighted by atomic mass is 10.0. The van der Waals surface area contributed by atoms with E-state index in [1.54, 1.807) is 24.3 Å². The van der Waals surface area contributed by atoms with E-state index in [0.29, 0.717) is 11.1 Å². The number of carboxylic acids is 1. The van der Waals surface area contributed by atoms with Crippen LogP contribution in [0.1, 0.15) is 17.3 Å². The molecule has 3 N–H and O–H groups in total. The number of halogens is 2. The van der Waals surface area contributed by atoms with Crippen LogP contribution in [0.15, 0.2) is 70.9 Å². The van der Waals surface area contributed by atoms with Crippen LogP contribution in [0.25, 0.3) is 11.1 Å². The molecule has 166 valence electrons. The Balaban J connectivity index is 1.61. The largest absolute Gasteiger partial charge is 0.505 e. The number of carbonyl (C=O) groups is 2. The van der Waals surface area contributed by atoms with Crippen molar-refractivity contribution >= 4 is 34.7 Å². The minimum absolute atomic E-state index is 0.0339. The van der Waals surface area contributed by atoms with Gasteiger partial charge >= 0.3 is 11.9 Å². The number of aromatic carboxylic acids is 1. The molecule has 0 spiro atoms. The quantitative estimate of drug-likeness (QED) is 0.398. The van der Waals surface area contributed by atoms with Crippen molar-refractivity contribution in [1.82, 2.24) is 0 Å². The zero-order valence-corrected chi connectivity index (χ0v) is 17.1. The number of hydrogen-bond acceptors (Lipinski definition) is 6. The van der Waals surface area contributed by atoms with Gasteiger partial charge < -0.3 is 10.2 Å². The fourth-order valence-electron chi connectivity index (χ4n) is 3.22. The lowest BCUT2D eigenvalue weighted by Gasteiger charge is -2.12. The van der Waals surface area contributed by atoms with Crippen LogP contribution in [-0.4, -0.2) is 33.5 Å². The number of carboxylic acid groups (broad SMARTS) is 1. The maximum absolute atomic E-state index is 13.6. The smallest absolute Gasteiger partial charge is 0.335 e. The van der Waals surface area contributed by atoms with Crippen LogP contribution >= 0.6 is 0 Å². The molecule has 8 nitrogen and oxygen atoms in total. The van der Waals surface area contributed by atoms with Crippen molar-refractivity contribution in [3.8, 4) is 16.9 Å². The van der Waals surface area contributed by atoms with E-state index >= 15 is 0 Å². The molecule has 1 heterocycles. The summed E-state index contributed by atoms with van der Waals surface area (Å²) in [6, 6.07) is 13.8. The third-order valence-electron chi connectivity index (χ3n) is 4.88. The number of nitrogens with zero attached hydrogens (tertiary/aromatic N) is 3. The Morgan fingerprint density at radius 2 is 1.82 bits per heavy atom. The summed E-state index contributed by atoms with van der Waals surface area (Å²) < 4.78 is 26.7. The molecule has 10 heteroatoms. The molecule has 0 fully saturated rings. The highest BCUT2D eigenvalue weighted by Crippen LogP contribution is 2.36. The molecule has 4 rings (SSSR count). The third-order valence-corrected chi connectivity index (χ3v) is 4.88. The number of hydrazone groups is 2. The first kappa shape index (κ1) is 21.6. The van der Waals surface area contributed by atoms with Crippen molar-refractivity contribution in [2.75, 3.05) is 10.4 Å². The number of rotatable bonds is 5. The molecule has 1 aliphatic heterocycles. The van der Waals surface area contributed by atoms with Crippen LogP contribution < -0.4 is 10.4 Å². The van der Waals surface area contributed by atoms with Gasteiger partial charge in [0.15, 0.2) is 17.3 Å². The zero-order chi connectivity index (χ0) is 23.7. The van der Waals surface area contributed by atoms with Gasteiger partial charge in [-0.05, 0) is 42.8 Å². The summed E-state index contributed by atoms with van der Waals surface area (Å²) in [4.78, 5) is 23.9. The highest BCUT2D eigenvalue weighted by atomic mass is 19.2. The molecule has 1 amide bonds. The van der Waals surface area contributed by atoms with Gasteiger partial charge in [-0.15, -0.1) is 0 Å². The molecular formula is C23H16F2N4O4. The average molecular weight is 450 g/mol. The van der Waals surface area contributed by atoms with Crippen molar-refractivity contribution in [2.45, 2.75) is 6.92 Å². The van der Waals surface area contributed by atoms with Gasteiger partial charge in [-0.2, -0.15) is 15.2 Å². The van der Waals surface area contributed by atoms with Crippen LogP contribution in [0.3, 0.4) is 0 Å². The summed E-state index contributed by atoms with van der Waals surface area (Å²) in [6.45, 7) is 1.52. The van der Waals surface area contributed by atoms with E-state index in [1.807, 2.05) is 0 Å². The van der Waals surface area contributed by atoms with Crippen molar-refractivity contribution < 1.29 is 28.6 Å². The maximum atomic E-state index is 13.6. The molecule has 0 unspecified atom stereocenters. The van der Waals surface area contributed by atoms with Gasteiger partial charge in [0.1, 0.15) is 5.75 Å². The Labute approximate surface area is 186 Å². The van der Waals surface area contributed by atoms with E-state index in [9.17, 15) is 28.6 Å². The van der Waals surface area contributed by atoms with Crippen LogP contribution in [0.2, 0.25) is 0 Å². The van der Waals surface area contributed by atoms with Gasteiger partial charge in [-0.25, -0.2) is 13.6 Å². The van der Waals surface area contributed by atoms with Crippen molar-refractivity contribution in [2.24, 2.45) is 10.2 Å². The second kappa shape index (κ2) is 8.50. The van der Waals surface area contributed by atoms with E-state index < -0.39 is 23.5 Å². The third kappa shape index (κ3) is 4.13. The molecule has 33 heavy (non-hydrogen) atoms. The van der Waals surface area contributed by atoms with E-state index in [0.717, 1.165) is 17.1 Å². The lowest BCUT2D eigenvalue weighted by Crippen LogP contribution is -2.28. The number of anilines is 2. The van der Waals surface area contributed by atoms with Gasteiger partial charge in [0.25, 0.3) is 0 Å². The normalized spacial score (nSPS) is 14.5. The molecule has 0 saturated carbocycles. The molecule has 0 aliphatic carbocycles. The Bertz CT molecular complexity index is 1350. The number of para-hydroxylation sites is 1. The monoisotopic (exact) mass is 450 g/mol. The van der Waals surface area contributed by atoms with E-state index in [1.165, 1.54) is 31.2 Å². The number of nitrogens with one attached hydrogen (secondary N) is 1. The zero-order valence-electron chi connectivity index (χ0n) is 17.1. The highest BCUT2D eigenvalue weighted by Gasteiger charge is 2.31. The van der Waals surface area contributed by atoms with E-state index in [-0.39, 0.29) is 34.1 Å². The minimum atomic E-state index is -1.12. The summed E-state index contributed by atoms with van der Waals surface area (Å²) in [7, 11) is 0. The molecular weight excluding hydrogens is 434 g/mol. The Kier molecular flexibility index (Phi) is 5.57. The SMILES string of the molecule is CC1=NN(c2ccc(F)c(F)c2)C(=O)C1=NNc1cccc(-c2cccc(C(=O)O)c2)c1O. The van der Waals surface area contributed by atoms with Gasteiger partial charge in [-0.3, -0.25) is 10.2 Å². The summed E-state index contributed by atoms with van der Waals surface area (Å²) in [5.41, 5.74) is 3.84. The lowest BCUT2D eigenvalue weighted by molar-refractivity contribution is -0.112. The second-order valence-electron chi connectivity index (χ2n) is 7.06. The highest BCUT2D eigenvalue weighted by molar-refractivity contribution is 6.71. The molecule has 0 radical (unpaired) electrons. The van der Waals surface area contributed by atoms with Gasteiger partial charge in [-0.1, -0.05) is 24.3 Å². The average Bonchev–Trinajstić information content (AvgIpc) is 3.08. The number of amides is 1. The fraction of sp³-hybridized carbons (Fsp3) is 0.0435. The standard InChI is InChI=1S/C23H16F2N4O4/c1-12-20(22(31)29(28-12)15-8-9-17(24)18(25)11-15)27-26-19-7-3-6-16(21(19)30)13-4-2-5-14(10-13)23(32)33/h2-11,26,30H,1H3,(H,32,33). The minimum Gasteiger partial charge on any atom is -0.505 e. The first-order valence-corrected chi connectivity index (χ1v) is 9.60. The fourth-order valence-corrected chi connectivity index (χ4v) is 3.22. The maximum Gasteiger partial charge on any atom is 0.335 e. The Morgan fingerprint density at radius 1 is 1.06 bits per heavy atom.